The fourth-order valence-corrected chi connectivity index (χ4v) is 6.93. The van der Waals surface area contributed by atoms with Gasteiger partial charge in [-0.25, -0.2) is 4.98 Å². The molecule has 2 saturated carbocycles. The summed E-state index contributed by atoms with van der Waals surface area (Å²) in [5, 5.41) is 5.95. The lowest BCUT2D eigenvalue weighted by Gasteiger charge is -2.24. The standard InChI is InChI=1S/C37H43N5O5/c43-33(21-30-3-1-17-41(30)35(45)19-24-5-6-24)39-28-13-9-26(10-14-28)32-23-38-37(47-32)27-11-15-29(16-12-27)40-34(44)22-31-4-2-18-42(31)36(46)20-25-7-8-25/h9-16,23-25,30-31H,1-8,17-22H2,(H,39,43)(H,40,44)/t30?,31-/m0/s1. The molecule has 0 radical (unpaired) electrons. The number of amides is 4. The van der Waals surface area contributed by atoms with Crippen LogP contribution < -0.4 is 10.6 Å². The summed E-state index contributed by atoms with van der Waals surface area (Å²) in [5.74, 6) is 2.37. The number of anilines is 2. The second kappa shape index (κ2) is 13.7. The molecule has 4 amide bonds. The van der Waals surface area contributed by atoms with E-state index in [1.807, 2.05) is 58.3 Å². The number of nitrogens with zero attached hydrogens (tertiary/aromatic N) is 3. The third kappa shape index (κ3) is 7.92. The van der Waals surface area contributed by atoms with Crippen LogP contribution in [0.4, 0.5) is 11.4 Å². The van der Waals surface area contributed by atoms with Gasteiger partial charge in [0.25, 0.3) is 0 Å². The highest BCUT2D eigenvalue weighted by atomic mass is 16.4. The number of nitrogens with one attached hydrogen (secondary N) is 2. The molecule has 2 aliphatic heterocycles. The fraction of sp³-hybridized carbons (Fsp3) is 0.486. The second-order valence-electron chi connectivity index (χ2n) is 13.8. The van der Waals surface area contributed by atoms with E-state index in [2.05, 4.69) is 15.6 Å². The van der Waals surface area contributed by atoms with Gasteiger partial charge in [0.05, 0.1) is 6.20 Å². The van der Waals surface area contributed by atoms with Gasteiger partial charge in [0.15, 0.2) is 5.76 Å². The number of oxazole rings is 1. The average molecular weight is 638 g/mol. The van der Waals surface area contributed by atoms with Gasteiger partial charge >= 0.3 is 0 Å². The van der Waals surface area contributed by atoms with Gasteiger partial charge < -0.3 is 24.9 Å². The van der Waals surface area contributed by atoms with Crippen LogP contribution in [0.2, 0.25) is 0 Å². The molecule has 0 spiro atoms. The van der Waals surface area contributed by atoms with E-state index in [0.717, 1.165) is 75.6 Å². The van der Waals surface area contributed by atoms with Crippen LogP contribution in [0.5, 0.6) is 0 Å². The summed E-state index contributed by atoms with van der Waals surface area (Å²) < 4.78 is 6.05. The Morgan fingerprint density at radius 3 is 1.57 bits per heavy atom. The van der Waals surface area contributed by atoms with Crippen LogP contribution in [0.25, 0.3) is 22.8 Å². The molecule has 1 aromatic heterocycles. The molecule has 3 aromatic rings. The number of hydrogen-bond donors (Lipinski definition) is 2. The van der Waals surface area contributed by atoms with Gasteiger partial charge in [-0.05, 0) is 112 Å². The first-order valence-electron chi connectivity index (χ1n) is 17.2. The van der Waals surface area contributed by atoms with E-state index in [0.29, 0.717) is 60.5 Å². The van der Waals surface area contributed by atoms with E-state index in [9.17, 15) is 19.2 Å². The zero-order valence-electron chi connectivity index (χ0n) is 26.8. The van der Waals surface area contributed by atoms with E-state index >= 15 is 0 Å². The first-order valence-corrected chi connectivity index (χ1v) is 17.2. The molecule has 2 aromatic carbocycles. The van der Waals surface area contributed by atoms with Crippen molar-refractivity contribution < 1.29 is 23.6 Å². The van der Waals surface area contributed by atoms with Crippen molar-refractivity contribution in [3.63, 3.8) is 0 Å². The van der Waals surface area contributed by atoms with Crippen molar-refractivity contribution in [2.24, 2.45) is 11.8 Å². The quantitative estimate of drug-likeness (QED) is 0.242. The van der Waals surface area contributed by atoms with Crippen molar-refractivity contribution in [3.8, 4) is 22.8 Å². The number of carbonyl (C=O) groups excluding carboxylic acids is 4. The highest BCUT2D eigenvalue weighted by Crippen LogP contribution is 2.35. The van der Waals surface area contributed by atoms with E-state index in [4.69, 9.17) is 4.42 Å². The molecule has 246 valence electrons. The van der Waals surface area contributed by atoms with Crippen LogP contribution in [-0.2, 0) is 19.2 Å². The normalized spacial score (nSPS) is 20.8. The van der Waals surface area contributed by atoms with Crippen LogP contribution in [-0.4, -0.2) is 63.6 Å². The highest BCUT2D eigenvalue weighted by Gasteiger charge is 2.35. The van der Waals surface area contributed by atoms with E-state index in [1.54, 1.807) is 6.20 Å². The molecule has 2 N–H and O–H groups in total. The molecule has 2 aliphatic carbocycles. The maximum atomic E-state index is 12.8. The Morgan fingerprint density at radius 1 is 0.638 bits per heavy atom. The van der Waals surface area contributed by atoms with Gasteiger partial charge in [0, 0.05) is 73.4 Å². The zero-order chi connectivity index (χ0) is 32.3. The van der Waals surface area contributed by atoms with E-state index in [1.165, 1.54) is 0 Å². The van der Waals surface area contributed by atoms with E-state index < -0.39 is 0 Å². The molecule has 0 bridgehead atoms. The molecule has 1 unspecified atom stereocenters. The Hall–Kier alpha value is -4.47. The minimum atomic E-state index is -0.0913. The minimum Gasteiger partial charge on any atom is -0.436 e. The van der Waals surface area contributed by atoms with Crippen LogP contribution in [0.1, 0.15) is 77.0 Å². The summed E-state index contributed by atoms with van der Waals surface area (Å²) in [7, 11) is 0. The van der Waals surface area contributed by atoms with Crippen molar-refractivity contribution in [1.82, 2.24) is 14.8 Å². The first-order chi connectivity index (χ1) is 22.9. The first kappa shape index (κ1) is 31.1. The monoisotopic (exact) mass is 637 g/mol. The zero-order valence-corrected chi connectivity index (χ0v) is 26.8. The summed E-state index contributed by atoms with van der Waals surface area (Å²) in [6, 6.07) is 14.8. The highest BCUT2D eigenvalue weighted by molar-refractivity contribution is 5.92. The molecule has 2 saturated heterocycles. The van der Waals surface area contributed by atoms with Crippen molar-refractivity contribution in [2.45, 2.75) is 89.1 Å². The van der Waals surface area contributed by atoms with Crippen LogP contribution in [0, 0.1) is 11.8 Å². The van der Waals surface area contributed by atoms with Crippen LogP contribution in [0.3, 0.4) is 0 Å². The maximum Gasteiger partial charge on any atom is 0.226 e. The number of aromatic nitrogens is 1. The minimum absolute atomic E-state index is 0.0189. The average Bonchev–Trinajstić information content (AvgIpc) is 3.87. The Balaban J connectivity index is 0.892. The molecule has 4 fully saturated rings. The van der Waals surface area contributed by atoms with Crippen molar-refractivity contribution >= 4 is 35.0 Å². The Bertz CT molecular complexity index is 1490. The van der Waals surface area contributed by atoms with Crippen molar-refractivity contribution in [1.29, 1.82) is 0 Å². The predicted octanol–water partition coefficient (Wildman–Crippen LogP) is 6.25. The molecule has 10 heteroatoms. The molecule has 10 nitrogen and oxygen atoms in total. The molecular weight excluding hydrogens is 594 g/mol. The Morgan fingerprint density at radius 2 is 1.11 bits per heavy atom. The smallest absolute Gasteiger partial charge is 0.226 e. The maximum absolute atomic E-state index is 12.8. The largest absolute Gasteiger partial charge is 0.436 e. The third-order valence-corrected chi connectivity index (χ3v) is 9.93. The van der Waals surface area contributed by atoms with Crippen LogP contribution in [0.15, 0.2) is 59.1 Å². The number of rotatable bonds is 12. The second-order valence-corrected chi connectivity index (χ2v) is 13.8. The predicted molar refractivity (Wildman–Crippen MR) is 178 cm³/mol. The van der Waals surface area contributed by atoms with Gasteiger partial charge in [-0.1, -0.05) is 0 Å². The summed E-state index contributed by atoms with van der Waals surface area (Å²) in [5.41, 5.74) is 2.98. The molecular formula is C37H43N5O5. The Labute approximate surface area is 275 Å². The lowest BCUT2D eigenvalue weighted by Crippen LogP contribution is -2.37. The molecule has 7 rings (SSSR count). The molecule has 47 heavy (non-hydrogen) atoms. The van der Waals surface area contributed by atoms with Gasteiger partial charge in [-0.2, -0.15) is 0 Å². The van der Waals surface area contributed by atoms with Gasteiger partial charge in [0.1, 0.15) is 0 Å². The number of likely N-dealkylation sites (tertiary alicyclic amines) is 2. The molecule has 4 aliphatic rings. The fourth-order valence-electron chi connectivity index (χ4n) is 6.93. The topological polar surface area (TPSA) is 125 Å². The SMILES string of the molecule is O=C(CC1CCCN1C(=O)CC1CC1)Nc1ccc(-c2cnc(-c3ccc(NC(=O)C[C@@H]4CCCN4C(=O)CC4CC4)cc3)o2)cc1. The molecule has 2 atom stereocenters. The summed E-state index contributed by atoms with van der Waals surface area (Å²) in [4.78, 5) is 59.1. The lowest BCUT2D eigenvalue weighted by atomic mass is 10.1. The van der Waals surface area contributed by atoms with E-state index in [-0.39, 0.29) is 35.7 Å². The Kier molecular flexibility index (Phi) is 9.09. The summed E-state index contributed by atoms with van der Waals surface area (Å²) >= 11 is 0. The summed E-state index contributed by atoms with van der Waals surface area (Å²) in [6.07, 6.45) is 11.8. The van der Waals surface area contributed by atoms with Gasteiger partial charge in [-0.15, -0.1) is 0 Å². The molecule has 3 heterocycles. The number of hydrogen-bond acceptors (Lipinski definition) is 6. The van der Waals surface area contributed by atoms with Gasteiger partial charge in [0.2, 0.25) is 29.5 Å². The lowest BCUT2D eigenvalue weighted by molar-refractivity contribution is -0.134. The summed E-state index contributed by atoms with van der Waals surface area (Å²) in [6.45, 7) is 1.50. The number of carbonyl (C=O) groups is 4. The van der Waals surface area contributed by atoms with Crippen LogP contribution >= 0.6 is 0 Å². The van der Waals surface area contributed by atoms with Crippen molar-refractivity contribution in [2.75, 3.05) is 23.7 Å². The van der Waals surface area contributed by atoms with Gasteiger partial charge in [-0.3, -0.25) is 19.2 Å². The number of benzene rings is 2. The van der Waals surface area contributed by atoms with Crippen molar-refractivity contribution in [3.05, 3.63) is 54.7 Å². The third-order valence-electron chi connectivity index (χ3n) is 9.93.